The zero-order valence-electron chi connectivity index (χ0n) is 5.85. The summed E-state index contributed by atoms with van der Waals surface area (Å²) in [7, 11) is -0.299. The molecule has 1 atom stereocenters. The van der Waals surface area contributed by atoms with Crippen LogP contribution in [-0.4, -0.2) is 26.8 Å². The minimum Gasteiger partial charge on any atom is -0.480 e. The fraction of sp³-hybridized carbons (Fsp3) is 0.800. The Bertz CT molecular complexity index is 97.0. The number of carboxylic acid groups (broad SMARTS) is 1. The van der Waals surface area contributed by atoms with E-state index in [0.29, 0.717) is 0 Å². The van der Waals surface area contributed by atoms with Crippen molar-refractivity contribution in [3.63, 3.8) is 0 Å². The van der Waals surface area contributed by atoms with Crippen molar-refractivity contribution in [2.45, 2.75) is 25.9 Å². The van der Waals surface area contributed by atoms with E-state index in [1.807, 2.05) is 0 Å². The van der Waals surface area contributed by atoms with Crippen molar-refractivity contribution in [2.75, 3.05) is 0 Å². The molecule has 2 N–H and O–H groups in total. The molecule has 0 fully saturated rings. The predicted molar refractivity (Wildman–Crippen MR) is 39.3 cm³/mol. The van der Waals surface area contributed by atoms with Crippen LogP contribution in [0, 0.1) is 0 Å². The second-order valence-electron chi connectivity index (χ2n) is 2.01. The van der Waals surface area contributed by atoms with Crippen molar-refractivity contribution in [3.8, 4) is 0 Å². The summed E-state index contributed by atoms with van der Waals surface area (Å²) in [6, 6.07) is 0.758. The van der Waals surface area contributed by atoms with Gasteiger partial charge in [0, 0.05) is 0 Å². The van der Waals surface area contributed by atoms with Crippen LogP contribution in [0.5, 0.6) is 0 Å². The van der Waals surface area contributed by atoms with Gasteiger partial charge in [-0.15, -0.1) is 0 Å². The Labute approximate surface area is 57.4 Å². The summed E-state index contributed by atoms with van der Waals surface area (Å²) in [5.41, 5.74) is 0. The maximum Gasteiger partial charge on any atom is 0.319 e. The predicted octanol–water partition coefficient (Wildman–Crippen LogP) is -0.429. The molecule has 0 aliphatic carbocycles. The van der Waals surface area contributed by atoms with Crippen LogP contribution in [0.2, 0.25) is 6.04 Å². The second-order valence-corrected chi connectivity index (χ2v) is 3.92. The minimum absolute atomic E-state index is 0.299. The third-order valence-electron chi connectivity index (χ3n) is 1.07. The molecule has 0 saturated heterocycles. The lowest BCUT2D eigenvalue weighted by Gasteiger charge is -2.05. The minimum atomic E-state index is -0.754. The third-order valence-corrected chi connectivity index (χ3v) is 2.47. The van der Waals surface area contributed by atoms with E-state index in [0.717, 1.165) is 6.04 Å². The topological polar surface area (TPSA) is 49.3 Å². The lowest BCUT2D eigenvalue weighted by atomic mass is 10.4. The number of rotatable bonds is 4. The van der Waals surface area contributed by atoms with Gasteiger partial charge in [0.15, 0.2) is 0 Å². The zero-order valence-corrected chi connectivity index (χ0v) is 7.26. The summed E-state index contributed by atoms with van der Waals surface area (Å²) in [5, 5.41) is 8.37. The fourth-order valence-electron chi connectivity index (χ4n) is 0.448. The molecule has 0 radical (unpaired) electrons. The monoisotopic (exact) mass is 147 g/mol. The number of carbonyl (C=O) groups is 1. The van der Waals surface area contributed by atoms with Crippen molar-refractivity contribution < 1.29 is 9.90 Å². The molecule has 54 valence electrons. The van der Waals surface area contributed by atoms with E-state index in [1.54, 1.807) is 6.92 Å². The Balaban J connectivity index is 3.27. The van der Waals surface area contributed by atoms with Gasteiger partial charge in [-0.3, -0.25) is 4.79 Å². The summed E-state index contributed by atoms with van der Waals surface area (Å²) in [6.45, 7) is 3.73. The van der Waals surface area contributed by atoms with Crippen molar-refractivity contribution in [3.05, 3.63) is 0 Å². The van der Waals surface area contributed by atoms with Crippen molar-refractivity contribution >= 4 is 15.7 Å². The first-order chi connectivity index (χ1) is 4.18. The summed E-state index contributed by atoms with van der Waals surface area (Å²) < 4.78 is 0. The van der Waals surface area contributed by atoms with Gasteiger partial charge in [0.1, 0.15) is 0 Å². The SMILES string of the molecule is CC[SiH2]N[C@@H](C)C(=O)O. The molecule has 9 heavy (non-hydrogen) atoms. The van der Waals surface area contributed by atoms with Crippen LogP contribution in [0.25, 0.3) is 0 Å². The maximum absolute atomic E-state index is 10.2. The van der Waals surface area contributed by atoms with Crippen molar-refractivity contribution in [1.82, 2.24) is 4.98 Å². The summed E-state index contributed by atoms with van der Waals surface area (Å²) in [5.74, 6) is -0.754. The highest BCUT2D eigenvalue weighted by Gasteiger charge is 2.06. The van der Waals surface area contributed by atoms with Crippen LogP contribution in [-0.2, 0) is 4.79 Å². The van der Waals surface area contributed by atoms with Gasteiger partial charge in [-0.1, -0.05) is 13.0 Å². The number of aliphatic carboxylic acids is 1. The standard InChI is InChI=1S/C5H13NO2Si/c1-3-9-6-4(2)5(7)8/h4,6H,3,9H2,1-2H3,(H,7,8)/t4-/m0/s1. The van der Waals surface area contributed by atoms with Gasteiger partial charge in [-0.2, -0.15) is 0 Å². The van der Waals surface area contributed by atoms with Crippen LogP contribution in [0.15, 0.2) is 0 Å². The van der Waals surface area contributed by atoms with Gasteiger partial charge in [-0.25, -0.2) is 0 Å². The zero-order chi connectivity index (χ0) is 7.28. The van der Waals surface area contributed by atoms with Crippen LogP contribution in [0.4, 0.5) is 0 Å². The maximum atomic E-state index is 10.2. The van der Waals surface area contributed by atoms with Gasteiger partial charge in [0.25, 0.3) is 0 Å². The van der Waals surface area contributed by atoms with Crippen LogP contribution in [0.1, 0.15) is 13.8 Å². The molecule has 0 aliphatic heterocycles. The Morgan fingerprint density at radius 2 is 2.44 bits per heavy atom. The fourth-order valence-corrected chi connectivity index (χ4v) is 1.34. The number of hydrogen-bond acceptors (Lipinski definition) is 2. The normalized spacial score (nSPS) is 14.4. The molecule has 3 nitrogen and oxygen atoms in total. The first kappa shape index (κ1) is 8.65. The number of nitrogens with one attached hydrogen (secondary N) is 1. The van der Waals surface area contributed by atoms with Crippen molar-refractivity contribution in [2.24, 2.45) is 0 Å². The van der Waals surface area contributed by atoms with E-state index in [4.69, 9.17) is 5.11 Å². The van der Waals surface area contributed by atoms with Gasteiger partial charge in [0.2, 0.25) is 0 Å². The summed E-state index contributed by atoms with van der Waals surface area (Å²) in [4.78, 5) is 13.1. The smallest absolute Gasteiger partial charge is 0.319 e. The highest BCUT2D eigenvalue weighted by Crippen LogP contribution is 1.79. The van der Waals surface area contributed by atoms with Gasteiger partial charge < -0.3 is 10.1 Å². The molecule has 0 unspecified atom stereocenters. The van der Waals surface area contributed by atoms with Gasteiger partial charge in [-0.05, 0) is 6.92 Å². The van der Waals surface area contributed by atoms with E-state index >= 15 is 0 Å². The molecule has 0 amide bonds. The molecule has 0 aromatic heterocycles. The quantitative estimate of drug-likeness (QED) is 0.531. The van der Waals surface area contributed by atoms with Crippen molar-refractivity contribution in [1.29, 1.82) is 0 Å². The molecule has 0 heterocycles. The first-order valence-electron chi connectivity index (χ1n) is 3.14. The van der Waals surface area contributed by atoms with Crippen LogP contribution >= 0.6 is 0 Å². The average Bonchev–Trinajstić information content (AvgIpc) is 1.82. The van der Waals surface area contributed by atoms with E-state index < -0.39 is 5.97 Å². The summed E-state index contributed by atoms with van der Waals surface area (Å²) >= 11 is 0. The van der Waals surface area contributed by atoms with E-state index in [-0.39, 0.29) is 15.7 Å². The van der Waals surface area contributed by atoms with E-state index in [9.17, 15) is 4.79 Å². The molecular formula is C5H13NO2Si. The van der Waals surface area contributed by atoms with E-state index in [2.05, 4.69) is 11.9 Å². The number of hydrogen-bond donors (Lipinski definition) is 2. The molecule has 0 aromatic rings. The third kappa shape index (κ3) is 4.17. The largest absolute Gasteiger partial charge is 0.480 e. The highest BCUT2D eigenvalue weighted by molar-refractivity contribution is 6.32. The Hall–Kier alpha value is -0.353. The molecule has 0 rings (SSSR count). The molecule has 4 heteroatoms. The molecular weight excluding hydrogens is 134 g/mol. The molecule has 0 saturated carbocycles. The Kier molecular flexibility index (Phi) is 4.34. The molecule has 0 spiro atoms. The van der Waals surface area contributed by atoms with E-state index in [1.165, 1.54) is 0 Å². The summed E-state index contributed by atoms with van der Waals surface area (Å²) in [6.07, 6.45) is 0. The van der Waals surface area contributed by atoms with Gasteiger partial charge in [0.05, 0.1) is 15.7 Å². The lowest BCUT2D eigenvalue weighted by Crippen LogP contribution is -2.35. The molecule has 0 aliphatic rings. The van der Waals surface area contributed by atoms with Gasteiger partial charge >= 0.3 is 5.97 Å². The first-order valence-corrected chi connectivity index (χ1v) is 4.85. The van der Waals surface area contributed by atoms with Crippen LogP contribution < -0.4 is 4.98 Å². The highest BCUT2D eigenvalue weighted by atomic mass is 28.2. The molecule has 0 bridgehead atoms. The van der Waals surface area contributed by atoms with Crippen LogP contribution in [0.3, 0.4) is 0 Å². The Morgan fingerprint density at radius 3 is 2.78 bits per heavy atom. The second kappa shape index (κ2) is 4.52. The lowest BCUT2D eigenvalue weighted by molar-refractivity contribution is -0.138. The number of carboxylic acids is 1. The average molecular weight is 147 g/mol. The molecule has 0 aromatic carbocycles. The Morgan fingerprint density at radius 1 is 1.89 bits per heavy atom.